The molecule has 2 N–H and O–H groups in total. The van der Waals surface area contributed by atoms with Gasteiger partial charge in [0, 0.05) is 23.6 Å². The van der Waals surface area contributed by atoms with Gasteiger partial charge in [-0.3, -0.25) is 4.79 Å². The number of carbonyl (C=O) groups is 2. The smallest absolute Gasteiger partial charge is 0.341 e. The van der Waals surface area contributed by atoms with Crippen molar-refractivity contribution in [1.82, 2.24) is 4.57 Å². The zero-order chi connectivity index (χ0) is 17.8. The lowest BCUT2D eigenvalue weighted by atomic mass is 10.1. The van der Waals surface area contributed by atoms with Crippen molar-refractivity contribution in [1.29, 1.82) is 0 Å². The number of phenols is 1. The van der Waals surface area contributed by atoms with Crippen LogP contribution in [-0.2, 0) is 4.74 Å². The SMILES string of the molecule is COC(=O)c1cccc(NC(=O)c2ccc(-n3cccc3)cc2)c1O. The quantitative estimate of drug-likeness (QED) is 0.566. The van der Waals surface area contributed by atoms with Gasteiger partial charge >= 0.3 is 5.97 Å². The lowest BCUT2D eigenvalue weighted by molar-refractivity contribution is 0.0597. The maximum atomic E-state index is 12.4. The Morgan fingerprint density at radius 1 is 1.00 bits per heavy atom. The standard InChI is InChI=1S/C19H16N2O4/c1-25-19(24)15-5-4-6-16(17(15)22)20-18(23)13-7-9-14(10-8-13)21-11-2-3-12-21/h2-12,22H,1H3,(H,20,23). The molecule has 126 valence electrons. The number of carbonyl (C=O) groups excluding carboxylic acids is 2. The summed E-state index contributed by atoms with van der Waals surface area (Å²) >= 11 is 0. The molecule has 0 aliphatic carbocycles. The second kappa shape index (κ2) is 6.92. The second-order valence-electron chi connectivity index (χ2n) is 5.28. The third kappa shape index (κ3) is 3.37. The molecule has 6 nitrogen and oxygen atoms in total. The monoisotopic (exact) mass is 336 g/mol. The van der Waals surface area contributed by atoms with Crippen LogP contribution in [-0.4, -0.2) is 28.7 Å². The van der Waals surface area contributed by atoms with Crippen molar-refractivity contribution in [3.05, 3.63) is 78.1 Å². The van der Waals surface area contributed by atoms with Gasteiger partial charge in [-0.15, -0.1) is 0 Å². The number of hydrogen-bond donors (Lipinski definition) is 2. The van der Waals surface area contributed by atoms with Crippen LogP contribution >= 0.6 is 0 Å². The van der Waals surface area contributed by atoms with E-state index in [1.54, 1.807) is 18.2 Å². The van der Waals surface area contributed by atoms with Gasteiger partial charge in [-0.2, -0.15) is 0 Å². The number of methoxy groups -OCH3 is 1. The van der Waals surface area contributed by atoms with Crippen molar-refractivity contribution in [2.75, 3.05) is 12.4 Å². The molecule has 0 unspecified atom stereocenters. The third-order valence-corrected chi connectivity index (χ3v) is 3.72. The number of nitrogens with zero attached hydrogens (tertiary/aromatic N) is 1. The molecule has 0 saturated heterocycles. The second-order valence-corrected chi connectivity index (χ2v) is 5.28. The number of amides is 1. The summed E-state index contributed by atoms with van der Waals surface area (Å²) in [5.74, 6) is -1.40. The predicted molar refractivity (Wildman–Crippen MR) is 93.2 cm³/mol. The van der Waals surface area contributed by atoms with E-state index in [2.05, 4.69) is 10.1 Å². The van der Waals surface area contributed by atoms with Gasteiger partial charge in [0.15, 0.2) is 5.75 Å². The van der Waals surface area contributed by atoms with Crippen LogP contribution in [0.15, 0.2) is 67.0 Å². The highest BCUT2D eigenvalue weighted by atomic mass is 16.5. The fourth-order valence-electron chi connectivity index (χ4n) is 2.41. The highest BCUT2D eigenvalue weighted by Crippen LogP contribution is 2.28. The van der Waals surface area contributed by atoms with Crippen LogP contribution < -0.4 is 5.32 Å². The van der Waals surface area contributed by atoms with E-state index in [-0.39, 0.29) is 17.0 Å². The van der Waals surface area contributed by atoms with Crippen LogP contribution in [0.2, 0.25) is 0 Å². The summed E-state index contributed by atoms with van der Waals surface area (Å²) in [5, 5.41) is 12.7. The molecule has 0 atom stereocenters. The molecule has 0 fully saturated rings. The van der Waals surface area contributed by atoms with Gasteiger partial charge in [-0.05, 0) is 48.5 Å². The van der Waals surface area contributed by atoms with Gasteiger partial charge in [-0.25, -0.2) is 4.79 Å². The lowest BCUT2D eigenvalue weighted by Crippen LogP contribution is -2.13. The molecule has 25 heavy (non-hydrogen) atoms. The summed E-state index contributed by atoms with van der Waals surface area (Å²) < 4.78 is 6.52. The number of para-hydroxylation sites is 1. The van der Waals surface area contributed by atoms with Crippen molar-refractivity contribution < 1.29 is 19.4 Å². The molecule has 1 aromatic heterocycles. The van der Waals surface area contributed by atoms with Crippen molar-refractivity contribution in [3.8, 4) is 11.4 Å². The Morgan fingerprint density at radius 3 is 2.32 bits per heavy atom. The lowest BCUT2D eigenvalue weighted by Gasteiger charge is -2.10. The molecule has 1 heterocycles. The zero-order valence-corrected chi connectivity index (χ0v) is 13.5. The number of hydrogen-bond acceptors (Lipinski definition) is 4. The minimum Gasteiger partial charge on any atom is -0.505 e. The summed E-state index contributed by atoms with van der Waals surface area (Å²) in [6.45, 7) is 0. The summed E-state index contributed by atoms with van der Waals surface area (Å²) in [6.07, 6.45) is 3.82. The number of anilines is 1. The van der Waals surface area contributed by atoms with E-state index >= 15 is 0 Å². The first-order valence-corrected chi connectivity index (χ1v) is 7.55. The van der Waals surface area contributed by atoms with Crippen molar-refractivity contribution in [2.24, 2.45) is 0 Å². The van der Waals surface area contributed by atoms with Crippen molar-refractivity contribution in [3.63, 3.8) is 0 Å². The third-order valence-electron chi connectivity index (χ3n) is 3.72. The first-order valence-electron chi connectivity index (χ1n) is 7.55. The summed E-state index contributed by atoms with van der Waals surface area (Å²) in [7, 11) is 1.22. The van der Waals surface area contributed by atoms with Crippen LogP contribution in [0.4, 0.5) is 5.69 Å². The normalized spacial score (nSPS) is 10.3. The van der Waals surface area contributed by atoms with Crippen molar-refractivity contribution >= 4 is 17.6 Å². The topological polar surface area (TPSA) is 80.6 Å². The molecule has 2 aromatic carbocycles. The minimum absolute atomic E-state index is 0.0109. The summed E-state index contributed by atoms with van der Waals surface area (Å²) in [4.78, 5) is 24.0. The van der Waals surface area contributed by atoms with E-state index in [1.165, 1.54) is 19.2 Å². The van der Waals surface area contributed by atoms with Crippen LogP contribution in [0.1, 0.15) is 20.7 Å². The number of nitrogens with one attached hydrogen (secondary N) is 1. The highest BCUT2D eigenvalue weighted by molar-refractivity contribution is 6.06. The first kappa shape index (κ1) is 16.3. The Bertz CT molecular complexity index is 900. The fraction of sp³-hybridized carbons (Fsp3) is 0.0526. The van der Waals surface area contributed by atoms with Crippen LogP contribution in [0.3, 0.4) is 0 Å². The van der Waals surface area contributed by atoms with Gasteiger partial charge in [0.05, 0.1) is 12.8 Å². The average molecular weight is 336 g/mol. The van der Waals surface area contributed by atoms with Gasteiger partial charge < -0.3 is 19.7 Å². The van der Waals surface area contributed by atoms with Crippen LogP contribution in [0, 0.1) is 0 Å². The zero-order valence-electron chi connectivity index (χ0n) is 13.5. The Kier molecular flexibility index (Phi) is 4.52. The number of esters is 1. The molecule has 1 amide bonds. The van der Waals surface area contributed by atoms with Crippen LogP contribution in [0.25, 0.3) is 5.69 Å². The van der Waals surface area contributed by atoms with Gasteiger partial charge in [-0.1, -0.05) is 6.07 Å². The van der Waals surface area contributed by atoms with Crippen LogP contribution in [0.5, 0.6) is 5.75 Å². The summed E-state index contributed by atoms with van der Waals surface area (Å²) in [5.41, 5.74) is 1.49. The fourth-order valence-corrected chi connectivity index (χ4v) is 2.41. The molecule has 0 radical (unpaired) electrons. The molecular formula is C19H16N2O4. The number of benzene rings is 2. The molecule has 0 aliphatic rings. The number of aromatic hydroxyl groups is 1. The molecule has 0 saturated carbocycles. The molecule has 3 aromatic rings. The van der Waals surface area contributed by atoms with Gasteiger partial charge in [0.25, 0.3) is 5.91 Å². The van der Waals surface area contributed by atoms with Gasteiger partial charge in [0.2, 0.25) is 0 Å². The maximum absolute atomic E-state index is 12.4. The Balaban J connectivity index is 1.80. The maximum Gasteiger partial charge on any atom is 0.341 e. The van der Waals surface area contributed by atoms with E-state index < -0.39 is 11.9 Å². The van der Waals surface area contributed by atoms with Crippen molar-refractivity contribution in [2.45, 2.75) is 0 Å². The number of ether oxygens (including phenoxy) is 1. The number of aromatic nitrogens is 1. The molecular weight excluding hydrogens is 320 g/mol. The van der Waals surface area contributed by atoms with E-state index in [1.807, 2.05) is 41.2 Å². The molecule has 0 bridgehead atoms. The molecule has 0 spiro atoms. The number of phenolic OH excluding ortho intramolecular Hbond substituents is 1. The summed E-state index contributed by atoms with van der Waals surface area (Å²) in [6, 6.07) is 15.3. The Hall–Kier alpha value is -3.54. The Morgan fingerprint density at radius 2 is 1.68 bits per heavy atom. The largest absolute Gasteiger partial charge is 0.505 e. The van der Waals surface area contributed by atoms with E-state index in [0.29, 0.717) is 5.56 Å². The average Bonchev–Trinajstić information content (AvgIpc) is 3.17. The van der Waals surface area contributed by atoms with E-state index in [4.69, 9.17) is 0 Å². The predicted octanol–water partition coefficient (Wildman–Crippen LogP) is 3.22. The molecule has 3 rings (SSSR count). The minimum atomic E-state index is -0.676. The Labute approximate surface area is 144 Å². The highest BCUT2D eigenvalue weighted by Gasteiger charge is 2.16. The van der Waals surface area contributed by atoms with E-state index in [9.17, 15) is 14.7 Å². The molecule has 6 heteroatoms. The molecule has 0 aliphatic heterocycles. The van der Waals surface area contributed by atoms with Gasteiger partial charge in [0.1, 0.15) is 5.56 Å². The number of rotatable bonds is 4. The van der Waals surface area contributed by atoms with E-state index in [0.717, 1.165) is 5.69 Å². The first-order chi connectivity index (χ1) is 12.1.